The van der Waals surface area contributed by atoms with Gasteiger partial charge < -0.3 is 5.11 Å². The molecular weight excluding hydrogens is 274 g/mol. The molecule has 102 valence electrons. The Morgan fingerprint density at radius 2 is 1.89 bits per heavy atom. The molecule has 0 aliphatic carbocycles. The molecule has 18 heavy (non-hydrogen) atoms. The van der Waals surface area contributed by atoms with Crippen LogP contribution < -0.4 is 4.72 Å². The number of unbranched alkanes of at least 4 members (excludes halogenated alkanes) is 1. The molecule has 0 atom stereocenters. The molecule has 4 nitrogen and oxygen atoms in total. The van der Waals surface area contributed by atoms with Gasteiger partial charge in [0.05, 0.1) is 11.4 Å². The standard InChI is InChI=1S/C12H18ClNO3S/c1-9-8-12(15)10(2)7-11(9)14-18(16,17)6-4-3-5-13/h7-8,14-15H,3-6H2,1-2H3. The number of phenols is 1. The van der Waals surface area contributed by atoms with E-state index in [1.807, 2.05) is 0 Å². The van der Waals surface area contributed by atoms with Gasteiger partial charge in [0.1, 0.15) is 5.75 Å². The van der Waals surface area contributed by atoms with E-state index in [1.165, 1.54) is 0 Å². The van der Waals surface area contributed by atoms with Gasteiger partial charge in [-0.2, -0.15) is 0 Å². The maximum absolute atomic E-state index is 11.8. The lowest BCUT2D eigenvalue weighted by Gasteiger charge is -2.12. The van der Waals surface area contributed by atoms with Crippen molar-refractivity contribution in [3.8, 4) is 5.75 Å². The molecule has 0 aliphatic heterocycles. The van der Waals surface area contributed by atoms with Crippen molar-refractivity contribution < 1.29 is 13.5 Å². The fraction of sp³-hybridized carbons (Fsp3) is 0.500. The summed E-state index contributed by atoms with van der Waals surface area (Å²) in [5.74, 6) is 0.684. The van der Waals surface area contributed by atoms with E-state index in [4.69, 9.17) is 11.6 Å². The zero-order valence-electron chi connectivity index (χ0n) is 10.5. The number of rotatable bonds is 6. The fourth-order valence-corrected chi connectivity index (χ4v) is 2.95. The molecule has 0 amide bonds. The Hall–Kier alpha value is -0.940. The highest BCUT2D eigenvalue weighted by Gasteiger charge is 2.12. The first-order chi connectivity index (χ1) is 8.35. The van der Waals surface area contributed by atoms with Gasteiger partial charge >= 0.3 is 0 Å². The first-order valence-corrected chi connectivity index (χ1v) is 7.91. The van der Waals surface area contributed by atoms with Gasteiger partial charge in [-0.05, 0) is 49.9 Å². The van der Waals surface area contributed by atoms with Crippen LogP contribution in [0.3, 0.4) is 0 Å². The summed E-state index contributed by atoms with van der Waals surface area (Å²) >= 11 is 5.51. The van der Waals surface area contributed by atoms with Crippen LogP contribution >= 0.6 is 11.6 Å². The molecule has 1 aromatic carbocycles. The number of sulfonamides is 1. The van der Waals surface area contributed by atoms with E-state index in [2.05, 4.69) is 4.72 Å². The zero-order valence-corrected chi connectivity index (χ0v) is 12.1. The molecule has 2 N–H and O–H groups in total. The monoisotopic (exact) mass is 291 g/mol. The van der Waals surface area contributed by atoms with E-state index < -0.39 is 10.0 Å². The van der Waals surface area contributed by atoms with Gasteiger partial charge in [-0.25, -0.2) is 8.42 Å². The summed E-state index contributed by atoms with van der Waals surface area (Å²) in [7, 11) is -3.35. The predicted octanol–water partition coefficient (Wildman–Crippen LogP) is 2.77. The number of nitrogens with one attached hydrogen (secondary N) is 1. The number of anilines is 1. The maximum atomic E-state index is 11.8. The molecular formula is C12H18ClNO3S. The van der Waals surface area contributed by atoms with Crippen LogP contribution in [-0.2, 0) is 10.0 Å². The van der Waals surface area contributed by atoms with Crippen molar-refractivity contribution in [2.24, 2.45) is 0 Å². The molecule has 0 heterocycles. The summed E-state index contributed by atoms with van der Waals surface area (Å²) in [5.41, 5.74) is 1.84. The number of phenolic OH excluding ortho intramolecular Hbond substituents is 1. The van der Waals surface area contributed by atoms with E-state index in [0.29, 0.717) is 35.5 Å². The second-order valence-electron chi connectivity index (χ2n) is 4.27. The quantitative estimate of drug-likeness (QED) is 0.481. The molecule has 1 rings (SSSR count). The molecule has 0 radical (unpaired) electrons. The number of aromatic hydroxyl groups is 1. The highest BCUT2D eigenvalue weighted by atomic mass is 35.5. The van der Waals surface area contributed by atoms with Gasteiger partial charge in [0.15, 0.2) is 0 Å². The number of aryl methyl sites for hydroxylation is 2. The molecule has 0 aromatic heterocycles. The Kier molecular flexibility index (Phi) is 5.28. The van der Waals surface area contributed by atoms with Gasteiger partial charge in [-0.15, -0.1) is 11.6 Å². The zero-order chi connectivity index (χ0) is 13.8. The predicted molar refractivity (Wildman–Crippen MR) is 74.9 cm³/mol. The highest BCUT2D eigenvalue weighted by Crippen LogP contribution is 2.25. The van der Waals surface area contributed by atoms with Gasteiger partial charge in [-0.1, -0.05) is 0 Å². The lowest BCUT2D eigenvalue weighted by molar-refractivity contribution is 0.471. The summed E-state index contributed by atoms with van der Waals surface area (Å²) in [6.07, 6.45) is 1.21. The first kappa shape index (κ1) is 15.1. The Labute approximate surface area is 113 Å². The van der Waals surface area contributed by atoms with Crippen LogP contribution in [0.5, 0.6) is 5.75 Å². The second kappa shape index (κ2) is 6.29. The van der Waals surface area contributed by atoms with Crippen LogP contribution in [0, 0.1) is 13.8 Å². The van der Waals surface area contributed by atoms with Crippen LogP contribution in [0.1, 0.15) is 24.0 Å². The number of alkyl halides is 1. The summed E-state index contributed by atoms with van der Waals surface area (Å²) in [6, 6.07) is 3.18. The van der Waals surface area contributed by atoms with Crippen LogP contribution in [0.2, 0.25) is 0 Å². The molecule has 0 fully saturated rings. The third-order valence-electron chi connectivity index (χ3n) is 2.61. The summed E-state index contributed by atoms with van der Waals surface area (Å²) in [5, 5.41) is 9.50. The number of benzene rings is 1. The largest absolute Gasteiger partial charge is 0.508 e. The Bertz CT molecular complexity index is 514. The third kappa shape index (κ3) is 4.38. The van der Waals surface area contributed by atoms with Gasteiger partial charge in [0, 0.05) is 5.88 Å². The van der Waals surface area contributed by atoms with Crippen LogP contribution in [0.15, 0.2) is 12.1 Å². The minimum absolute atomic E-state index is 0.0546. The minimum atomic E-state index is -3.35. The average Bonchev–Trinajstić information content (AvgIpc) is 2.26. The van der Waals surface area contributed by atoms with Crippen molar-refractivity contribution in [2.45, 2.75) is 26.7 Å². The van der Waals surface area contributed by atoms with Crippen molar-refractivity contribution in [1.29, 1.82) is 0 Å². The SMILES string of the molecule is Cc1cc(NS(=O)(=O)CCCCCl)c(C)cc1O. The Morgan fingerprint density at radius 3 is 2.50 bits per heavy atom. The second-order valence-corrected chi connectivity index (χ2v) is 6.49. The van der Waals surface area contributed by atoms with Gasteiger partial charge in [0.25, 0.3) is 0 Å². The summed E-state index contributed by atoms with van der Waals surface area (Å²) in [6.45, 7) is 3.47. The summed E-state index contributed by atoms with van der Waals surface area (Å²) < 4.78 is 26.1. The first-order valence-electron chi connectivity index (χ1n) is 5.72. The smallest absolute Gasteiger partial charge is 0.232 e. The number of halogens is 1. The highest BCUT2D eigenvalue weighted by molar-refractivity contribution is 7.92. The van der Waals surface area contributed by atoms with E-state index in [1.54, 1.807) is 26.0 Å². The van der Waals surface area contributed by atoms with Crippen LogP contribution in [0.4, 0.5) is 5.69 Å². The van der Waals surface area contributed by atoms with Gasteiger partial charge in [0.2, 0.25) is 10.0 Å². The van der Waals surface area contributed by atoms with Crippen LogP contribution in [0.25, 0.3) is 0 Å². The molecule has 0 spiro atoms. The van der Waals surface area contributed by atoms with Crippen molar-refractivity contribution >= 4 is 27.3 Å². The molecule has 0 saturated heterocycles. The van der Waals surface area contributed by atoms with Crippen molar-refractivity contribution in [2.75, 3.05) is 16.4 Å². The van der Waals surface area contributed by atoms with Gasteiger partial charge in [-0.3, -0.25) is 4.72 Å². The third-order valence-corrected chi connectivity index (χ3v) is 4.23. The van der Waals surface area contributed by atoms with Crippen LogP contribution in [-0.4, -0.2) is 25.2 Å². The topological polar surface area (TPSA) is 66.4 Å². The fourth-order valence-electron chi connectivity index (χ4n) is 1.52. The average molecular weight is 292 g/mol. The number of hydrogen-bond donors (Lipinski definition) is 2. The molecule has 1 aromatic rings. The van der Waals surface area contributed by atoms with E-state index >= 15 is 0 Å². The van der Waals surface area contributed by atoms with E-state index in [-0.39, 0.29) is 11.5 Å². The molecule has 6 heteroatoms. The van der Waals surface area contributed by atoms with Crippen molar-refractivity contribution in [1.82, 2.24) is 0 Å². The molecule has 0 unspecified atom stereocenters. The summed E-state index contributed by atoms with van der Waals surface area (Å²) in [4.78, 5) is 0. The van der Waals surface area contributed by atoms with E-state index in [0.717, 1.165) is 0 Å². The molecule has 0 saturated carbocycles. The molecule has 0 aliphatic rings. The van der Waals surface area contributed by atoms with Crippen molar-refractivity contribution in [3.63, 3.8) is 0 Å². The Balaban J connectivity index is 2.81. The lowest BCUT2D eigenvalue weighted by Crippen LogP contribution is -2.17. The molecule has 0 bridgehead atoms. The normalized spacial score (nSPS) is 11.5. The lowest BCUT2D eigenvalue weighted by atomic mass is 10.1. The van der Waals surface area contributed by atoms with E-state index in [9.17, 15) is 13.5 Å². The minimum Gasteiger partial charge on any atom is -0.508 e. The Morgan fingerprint density at radius 1 is 1.22 bits per heavy atom. The maximum Gasteiger partial charge on any atom is 0.232 e. The number of hydrogen-bond acceptors (Lipinski definition) is 3. The van der Waals surface area contributed by atoms with Crippen molar-refractivity contribution in [3.05, 3.63) is 23.3 Å².